The Kier molecular flexibility index (Phi) is 6.20. The molecule has 0 spiro atoms. The van der Waals surface area contributed by atoms with Crippen molar-refractivity contribution in [3.05, 3.63) is 0 Å². The standard InChI is InChI=1S/C9H19N3O3S/c1-7(10)12-3-4-16-6-9(11,5-15-2)8(13)14/h3-6,11H2,1-2H3,(H2,10,12)(H,13,14)/t9-/m1/s1/i2D. The van der Waals surface area contributed by atoms with E-state index in [1.807, 2.05) is 0 Å². The van der Waals surface area contributed by atoms with Crippen LogP contribution in [-0.4, -0.2) is 54.2 Å². The molecule has 7 heteroatoms. The van der Waals surface area contributed by atoms with E-state index >= 15 is 0 Å². The fourth-order valence-electron chi connectivity index (χ4n) is 0.888. The molecule has 0 saturated heterocycles. The number of hydrogen-bond acceptors (Lipinski definition) is 5. The lowest BCUT2D eigenvalue weighted by molar-refractivity contribution is -0.144. The zero-order valence-corrected chi connectivity index (χ0v) is 10.1. The summed E-state index contributed by atoms with van der Waals surface area (Å²) in [7, 11) is -0.298. The first-order chi connectivity index (χ1) is 7.92. The Hall–Kier alpha value is -0.790. The minimum absolute atomic E-state index is 0.169. The quantitative estimate of drug-likeness (QED) is 0.305. The molecule has 0 aromatic carbocycles. The third kappa shape index (κ3) is 5.94. The van der Waals surface area contributed by atoms with Crippen LogP contribution in [0.3, 0.4) is 0 Å². The maximum absolute atomic E-state index is 11.0. The van der Waals surface area contributed by atoms with Crippen molar-refractivity contribution in [2.45, 2.75) is 12.5 Å². The monoisotopic (exact) mass is 250 g/mol. The summed E-state index contributed by atoms with van der Waals surface area (Å²) in [6, 6.07) is 0. The molecule has 16 heavy (non-hydrogen) atoms. The summed E-state index contributed by atoms with van der Waals surface area (Å²) >= 11 is 1.37. The minimum atomic E-state index is -1.45. The molecule has 0 rings (SSSR count). The Bertz CT molecular complexity index is 274. The summed E-state index contributed by atoms with van der Waals surface area (Å²) < 4.78 is 11.6. The highest BCUT2D eigenvalue weighted by Gasteiger charge is 2.33. The normalized spacial score (nSPS) is 16.6. The summed E-state index contributed by atoms with van der Waals surface area (Å²) in [6.07, 6.45) is 0. The molecule has 0 aromatic heterocycles. The highest BCUT2D eigenvalue weighted by atomic mass is 32.2. The molecule has 6 nitrogen and oxygen atoms in total. The molecule has 0 aliphatic rings. The van der Waals surface area contributed by atoms with Crippen LogP contribution < -0.4 is 11.5 Å². The molecular formula is C9H19N3O3S. The number of carboxylic acid groups (broad SMARTS) is 1. The van der Waals surface area contributed by atoms with Crippen molar-refractivity contribution in [1.82, 2.24) is 0 Å². The van der Waals surface area contributed by atoms with Crippen LogP contribution in [0.1, 0.15) is 8.29 Å². The maximum atomic E-state index is 11.0. The number of amidine groups is 1. The van der Waals surface area contributed by atoms with Gasteiger partial charge in [-0.05, 0) is 6.92 Å². The summed E-state index contributed by atoms with van der Waals surface area (Å²) in [5, 5.41) is 8.98. The van der Waals surface area contributed by atoms with Crippen LogP contribution in [-0.2, 0) is 9.53 Å². The smallest absolute Gasteiger partial charge is 0.326 e. The zero-order chi connectivity index (χ0) is 13.3. The van der Waals surface area contributed by atoms with E-state index < -0.39 is 11.5 Å². The molecule has 0 unspecified atom stereocenters. The number of nitrogens with two attached hydrogens (primary N) is 2. The molecule has 0 aliphatic heterocycles. The van der Waals surface area contributed by atoms with Gasteiger partial charge in [-0.2, -0.15) is 11.8 Å². The summed E-state index contributed by atoms with van der Waals surface area (Å²) in [5.41, 5.74) is 9.58. The van der Waals surface area contributed by atoms with E-state index in [1.165, 1.54) is 11.8 Å². The predicted octanol–water partition coefficient (Wildman–Crippen LogP) is -0.475. The minimum Gasteiger partial charge on any atom is -0.480 e. The number of nitrogens with zero attached hydrogens (tertiary/aromatic N) is 1. The fourth-order valence-corrected chi connectivity index (χ4v) is 1.82. The average molecular weight is 250 g/mol. The van der Waals surface area contributed by atoms with E-state index in [0.29, 0.717) is 18.1 Å². The Morgan fingerprint density at radius 3 is 2.94 bits per heavy atom. The second-order valence-electron chi connectivity index (χ2n) is 3.39. The second-order valence-corrected chi connectivity index (χ2v) is 4.49. The summed E-state index contributed by atoms with van der Waals surface area (Å²) in [5.74, 6) is 0.223. The molecule has 0 fully saturated rings. The lowest BCUT2D eigenvalue weighted by atomic mass is 10.1. The number of hydrogen-bond donors (Lipinski definition) is 3. The van der Waals surface area contributed by atoms with Crippen LogP contribution in [0.5, 0.6) is 0 Å². The number of carboxylic acids is 1. The molecule has 0 amide bonds. The van der Waals surface area contributed by atoms with Crippen molar-refractivity contribution >= 4 is 23.6 Å². The molecule has 94 valence electrons. The van der Waals surface area contributed by atoms with Gasteiger partial charge in [0.05, 0.1) is 13.8 Å². The van der Waals surface area contributed by atoms with E-state index in [0.717, 1.165) is 0 Å². The molecule has 1 atom stereocenters. The Labute approximate surface area is 101 Å². The first kappa shape index (κ1) is 13.3. The van der Waals surface area contributed by atoms with Crippen molar-refractivity contribution in [2.75, 3.05) is 31.7 Å². The molecule has 0 aliphatic carbocycles. The first-order valence-corrected chi connectivity index (χ1v) is 5.81. The second kappa shape index (κ2) is 7.48. The summed E-state index contributed by atoms with van der Waals surface area (Å²) in [6.45, 7) is 2.05. The van der Waals surface area contributed by atoms with Crippen molar-refractivity contribution in [1.29, 1.82) is 0 Å². The Morgan fingerprint density at radius 2 is 2.44 bits per heavy atom. The molecule has 0 aromatic rings. The Morgan fingerprint density at radius 1 is 1.75 bits per heavy atom. The number of ether oxygens (including phenoxy) is 1. The summed E-state index contributed by atoms with van der Waals surface area (Å²) in [4.78, 5) is 14.9. The molecular weight excluding hydrogens is 230 g/mol. The lowest BCUT2D eigenvalue weighted by Crippen LogP contribution is -2.54. The molecule has 0 bridgehead atoms. The van der Waals surface area contributed by atoms with Gasteiger partial charge in [-0.1, -0.05) is 0 Å². The van der Waals surface area contributed by atoms with Crippen molar-refractivity contribution in [3.8, 4) is 0 Å². The number of methoxy groups -OCH3 is 1. The van der Waals surface area contributed by atoms with Gasteiger partial charge < -0.3 is 21.3 Å². The van der Waals surface area contributed by atoms with E-state index in [1.54, 1.807) is 6.92 Å². The molecule has 0 radical (unpaired) electrons. The molecule has 0 heterocycles. The number of rotatable bonds is 8. The molecule has 0 saturated carbocycles. The van der Waals surface area contributed by atoms with Gasteiger partial charge in [0.1, 0.15) is 5.54 Å². The number of aliphatic imine (C=N–C) groups is 1. The number of aliphatic carboxylic acids is 1. The van der Waals surface area contributed by atoms with Gasteiger partial charge in [-0.3, -0.25) is 9.79 Å². The van der Waals surface area contributed by atoms with Gasteiger partial charge in [0.15, 0.2) is 0 Å². The third-order valence-electron chi connectivity index (χ3n) is 1.74. The highest BCUT2D eigenvalue weighted by Crippen LogP contribution is 2.12. The number of thioether (sulfide) groups is 1. The predicted molar refractivity (Wildman–Crippen MR) is 65.9 cm³/mol. The Balaban J connectivity index is 4.01. The SMILES string of the molecule is [2H]COC[C@@](N)(CSCCN=C(C)N)C(=O)O. The van der Waals surface area contributed by atoms with Crippen LogP contribution in [0.4, 0.5) is 0 Å². The van der Waals surface area contributed by atoms with Crippen LogP contribution in [0.15, 0.2) is 4.99 Å². The van der Waals surface area contributed by atoms with Gasteiger partial charge >= 0.3 is 5.97 Å². The van der Waals surface area contributed by atoms with Gasteiger partial charge in [0.2, 0.25) is 0 Å². The van der Waals surface area contributed by atoms with E-state index in [-0.39, 0.29) is 19.4 Å². The fraction of sp³-hybridized carbons (Fsp3) is 0.778. The first-order valence-electron chi connectivity index (χ1n) is 5.36. The van der Waals surface area contributed by atoms with Gasteiger partial charge in [-0.15, -0.1) is 0 Å². The highest BCUT2D eigenvalue weighted by molar-refractivity contribution is 7.99. The third-order valence-corrected chi connectivity index (χ3v) is 2.93. The lowest BCUT2D eigenvalue weighted by Gasteiger charge is -2.22. The van der Waals surface area contributed by atoms with E-state index in [2.05, 4.69) is 4.99 Å². The van der Waals surface area contributed by atoms with Crippen molar-refractivity contribution in [2.24, 2.45) is 16.5 Å². The van der Waals surface area contributed by atoms with Crippen LogP contribution in [0, 0.1) is 0 Å². The maximum Gasteiger partial charge on any atom is 0.326 e. The van der Waals surface area contributed by atoms with Crippen LogP contribution in [0.25, 0.3) is 0 Å². The van der Waals surface area contributed by atoms with Gasteiger partial charge in [0.25, 0.3) is 0 Å². The van der Waals surface area contributed by atoms with Gasteiger partial charge in [0, 0.05) is 25.1 Å². The van der Waals surface area contributed by atoms with E-state index in [4.69, 9.17) is 22.7 Å². The topological polar surface area (TPSA) is 111 Å². The van der Waals surface area contributed by atoms with Crippen LogP contribution in [0.2, 0.25) is 0 Å². The number of carbonyl (C=O) groups is 1. The van der Waals surface area contributed by atoms with Crippen molar-refractivity contribution < 1.29 is 16.0 Å². The van der Waals surface area contributed by atoms with Gasteiger partial charge in [-0.25, -0.2) is 0 Å². The van der Waals surface area contributed by atoms with E-state index in [9.17, 15) is 4.79 Å². The molecule has 5 N–H and O–H groups in total. The average Bonchev–Trinajstić information content (AvgIpc) is 2.25. The van der Waals surface area contributed by atoms with Crippen molar-refractivity contribution in [3.63, 3.8) is 0 Å². The largest absolute Gasteiger partial charge is 0.480 e. The van der Waals surface area contributed by atoms with Crippen LogP contribution >= 0.6 is 11.8 Å². The zero-order valence-electron chi connectivity index (χ0n) is 10.3.